The van der Waals surface area contributed by atoms with E-state index >= 15 is 0 Å². The van der Waals surface area contributed by atoms with Gasteiger partial charge in [0.05, 0.1) is 0 Å². The number of hydrogen-bond donors (Lipinski definition) is 1. The van der Waals surface area contributed by atoms with E-state index in [-0.39, 0.29) is 0 Å². The first-order valence-electron chi connectivity index (χ1n) is 4.98. The van der Waals surface area contributed by atoms with Crippen LogP contribution in [0.2, 0.25) is 0 Å². The number of hydrogen-bond acceptors (Lipinski definition) is 3. The fourth-order valence-electron chi connectivity index (χ4n) is 1.35. The van der Waals surface area contributed by atoms with Gasteiger partial charge in [-0.15, -0.1) is 0 Å². The van der Waals surface area contributed by atoms with Crippen molar-refractivity contribution in [1.29, 1.82) is 0 Å². The van der Waals surface area contributed by atoms with Gasteiger partial charge >= 0.3 is 0 Å². The fraction of sp³-hybridized carbons (Fsp3) is 0.167. The monoisotopic (exact) mass is 277 g/mol. The molecule has 4 heteroatoms. The van der Waals surface area contributed by atoms with Gasteiger partial charge in [0, 0.05) is 11.4 Å². The third-order valence-corrected chi connectivity index (χ3v) is 2.54. The minimum Gasteiger partial charge on any atom is -0.324 e. The first-order chi connectivity index (χ1) is 7.63. The molecule has 0 spiro atoms. The fourth-order valence-corrected chi connectivity index (χ4v) is 1.85. The maximum absolute atomic E-state index is 4.30. The summed E-state index contributed by atoms with van der Waals surface area (Å²) in [6.07, 6.45) is 0. The van der Waals surface area contributed by atoms with Crippen LogP contribution in [0, 0.1) is 13.8 Å². The summed E-state index contributed by atoms with van der Waals surface area (Å²) >= 11 is 3.35. The topological polar surface area (TPSA) is 37.8 Å². The second kappa shape index (κ2) is 4.61. The van der Waals surface area contributed by atoms with Crippen LogP contribution in [0.1, 0.15) is 11.3 Å². The molecule has 0 aliphatic heterocycles. The Balaban J connectivity index is 2.23. The van der Waals surface area contributed by atoms with Crippen molar-refractivity contribution in [3.05, 3.63) is 46.2 Å². The maximum Gasteiger partial charge on any atom is 0.228 e. The summed E-state index contributed by atoms with van der Waals surface area (Å²) in [5, 5.41) is 3.16. The normalized spacial score (nSPS) is 10.2. The number of nitrogens with zero attached hydrogens (tertiary/aromatic N) is 2. The standard InChI is InChI=1S/C12H12BrN3/c1-8-3-5-10(6-4-8)15-12-14-9(2)7-11(13)16-12/h3-7H,1-2H3,(H,14,15,16). The molecule has 1 aromatic carbocycles. The van der Waals surface area contributed by atoms with Crippen molar-refractivity contribution in [3.8, 4) is 0 Å². The van der Waals surface area contributed by atoms with E-state index in [2.05, 4.69) is 38.1 Å². The lowest BCUT2D eigenvalue weighted by molar-refractivity contribution is 1.08. The molecule has 0 atom stereocenters. The van der Waals surface area contributed by atoms with E-state index in [1.54, 1.807) is 0 Å². The number of aromatic nitrogens is 2. The lowest BCUT2D eigenvalue weighted by Crippen LogP contribution is -1.98. The average Bonchev–Trinajstić information content (AvgIpc) is 2.20. The molecule has 1 heterocycles. The Kier molecular flexibility index (Phi) is 3.19. The van der Waals surface area contributed by atoms with Crippen LogP contribution in [0.4, 0.5) is 11.6 Å². The molecular weight excluding hydrogens is 266 g/mol. The van der Waals surface area contributed by atoms with Crippen LogP contribution in [-0.4, -0.2) is 9.97 Å². The minimum absolute atomic E-state index is 0.607. The number of halogens is 1. The quantitative estimate of drug-likeness (QED) is 0.853. The number of nitrogens with one attached hydrogen (secondary N) is 1. The molecule has 0 radical (unpaired) electrons. The van der Waals surface area contributed by atoms with Gasteiger partial charge in [0.25, 0.3) is 0 Å². The van der Waals surface area contributed by atoms with Crippen molar-refractivity contribution in [1.82, 2.24) is 9.97 Å². The Bertz CT molecular complexity index is 474. The van der Waals surface area contributed by atoms with Crippen LogP contribution in [0.25, 0.3) is 0 Å². The summed E-state index contributed by atoms with van der Waals surface area (Å²) in [4.78, 5) is 8.55. The number of rotatable bonds is 2. The minimum atomic E-state index is 0.607. The van der Waals surface area contributed by atoms with Crippen LogP contribution in [0.15, 0.2) is 34.9 Å². The Morgan fingerprint density at radius 1 is 1.06 bits per heavy atom. The third-order valence-electron chi connectivity index (χ3n) is 2.13. The lowest BCUT2D eigenvalue weighted by Gasteiger charge is -2.06. The lowest BCUT2D eigenvalue weighted by atomic mass is 10.2. The summed E-state index contributed by atoms with van der Waals surface area (Å²) < 4.78 is 0.787. The van der Waals surface area contributed by atoms with Gasteiger partial charge in [-0.1, -0.05) is 17.7 Å². The zero-order valence-electron chi connectivity index (χ0n) is 9.16. The number of anilines is 2. The predicted octanol–water partition coefficient (Wildman–Crippen LogP) is 3.60. The van der Waals surface area contributed by atoms with Crippen LogP contribution in [0.5, 0.6) is 0 Å². The highest BCUT2D eigenvalue weighted by molar-refractivity contribution is 9.10. The van der Waals surface area contributed by atoms with E-state index in [1.165, 1.54) is 5.56 Å². The molecule has 1 N–H and O–H groups in total. The molecule has 0 unspecified atom stereocenters. The van der Waals surface area contributed by atoms with Crippen LogP contribution in [0.3, 0.4) is 0 Å². The highest BCUT2D eigenvalue weighted by atomic mass is 79.9. The summed E-state index contributed by atoms with van der Waals surface area (Å²) in [6, 6.07) is 9.99. The van der Waals surface area contributed by atoms with Gasteiger partial charge in [0.15, 0.2) is 0 Å². The Hall–Kier alpha value is -1.42. The van der Waals surface area contributed by atoms with E-state index in [9.17, 15) is 0 Å². The molecule has 0 aliphatic carbocycles. The predicted molar refractivity (Wildman–Crippen MR) is 68.9 cm³/mol. The highest BCUT2D eigenvalue weighted by Crippen LogP contribution is 2.16. The molecule has 2 aromatic rings. The molecular formula is C12H12BrN3. The molecule has 0 saturated carbocycles. The van der Waals surface area contributed by atoms with Crippen molar-refractivity contribution in [3.63, 3.8) is 0 Å². The molecule has 2 rings (SSSR count). The van der Waals surface area contributed by atoms with Gasteiger partial charge in [0.2, 0.25) is 5.95 Å². The summed E-state index contributed by atoms with van der Waals surface area (Å²) in [5.74, 6) is 0.607. The molecule has 82 valence electrons. The van der Waals surface area contributed by atoms with Gasteiger partial charge in [-0.3, -0.25) is 0 Å². The smallest absolute Gasteiger partial charge is 0.228 e. The zero-order chi connectivity index (χ0) is 11.5. The van der Waals surface area contributed by atoms with E-state index < -0.39 is 0 Å². The van der Waals surface area contributed by atoms with Gasteiger partial charge in [-0.25, -0.2) is 9.97 Å². The first kappa shape index (κ1) is 11.1. The van der Waals surface area contributed by atoms with E-state index in [1.807, 2.05) is 37.3 Å². The van der Waals surface area contributed by atoms with E-state index in [0.717, 1.165) is 16.0 Å². The van der Waals surface area contributed by atoms with Gasteiger partial charge in [0.1, 0.15) is 4.60 Å². The SMILES string of the molecule is Cc1ccc(Nc2nc(C)cc(Br)n2)cc1. The molecule has 0 saturated heterocycles. The average molecular weight is 278 g/mol. The molecule has 0 fully saturated rings. The number of aryl methyl sites for hydroxylation is 2. The van der Waals surface area contributed by atoms with Crippen LogP contribution >= 0.6 is 15.9 Å². The first-order valence-corrected chi connectivity index (χ1v) is 5.78. The van der Waals surface area contributed by atoms with Crippen molar-refractivity contribution in [2.45, 2.75) is 13.8 Å². The van der Waals surface area contributed by atoms with Crippen LogP contribution < -0.4 is 5.32 Å². The molecule has 0 bridgehead atoms. The second-order valence-electron chi connectivity index (χ2n) is 3.65. The third kappa shape index (κ3) is 2.79. The van der Waals surface area contributed by atoms with Crippen molar-refractivity contribution >= 4 is 27.6 Å². The van der Waals surface area contributed by atoms with E-state index in [4.69, 9.17) is 0 Å². The van der Waals surface area contributed by atoms with E-state index in [0.29, 0.717) is 5.95 Å². The highest BCUT2D eigenvalue weighted by Gasteiger charge is 2.00. The summed E-state index contributed by atoms with van der Waals surface area (Å²) in [6.45, 7) is 4.00. The Morgan fingerprint density at radius 2 is 1.75 bits per heavy atom. The Labute approximate surface area is 103 Å². The number of benzene rings is 1. The molecule has 0 aliphatic rings. The van der Waals surface area contributed by atoms with Gasteiger partial charge < -0.3 is 5.32 Å². The Morgan fingerprint density at radius 3 is 2.38 bits per heavy atom. The largest absolute Gasteiger partial charge is 0.324 e. The maximum atomic E-state index is 4.30. The van der Waals surface area contributed by atoms with Crippen LogP contribution in [-0.2, 0) is 0 Å². The molecule has 0 amide bonds. The zero-order valence-corrected chi connectivity index (χ0v) is 10.7. The molecule has 1 aromatic heterocycles. The molecule has 3 nitrogen and oxygen atoms in total. The summed E-state index contributed by atoms with van der Waals surface area (Å²) in [7, 11) is 0. The second-order valence-corrected chi connectivity index (χ2v) is 4.46. The molecule has 16 heavy (non-hydrogen) atoms. The van der Waals surface area contributed by atoms with Crippen molar-refractivity contribution in [2.24, 2.45) is 0 Å². The van der Waals surface area contributed by atoms with Crippen molar-refractivity contribution < 1.29 is 0 Å². The van der Waals surface area contributed by atoms with Gasteiger partial charge in [-0.05, 0) is 48.0 Å². The van der Waals surface area contributed by atoms with Gasteiger partial charge in [-0.2, -0.15) is 0 Å². The van der Waals surface area contributed by atoms with Crippen molar-refractivity contribution in [2.75, 3.05) is 5.32 Å². The summed E-state index contributed by atoms with van der Waals surface area (Å²) in [5.41, 5.74) is 3.15.